The maximum Gasteiger partial charge on any atom is 0.0335 e. The molecule has 2 nitrogen and oxygen atoms in total. The zero-order valence-corrected chi connectivity index (χ0v) is 13.7. The van der Waals surface area contributed by atoms with Gasteiger partial charge in [-0.3, -0.25) is 4.90 Å². The lowest BCUT2D eigenvalue weighted by molar-refractivity contribution is -0.0246. The Hall–Kier alpha value is -0.0800. The summed E-state index contributed by atoms with van der Waals surface area (Å²) in [7, 11) is 0. The van der Waals surface area contributed by atoms with Crippen LogP contribution in [-0.2, 0) is 0 Å². The van der Waals surface area contributed by atoms with E-state index < -0.39 is 0 Å². The standard InChI is InChI=1S/C18H34N2/c1-3-17(2)15-20(13-16-9-5-6-10-16)18(14-19-17)11-7-4-8-12-18/h16,19H,3-15H2,1-2H3. The predicted molar refractivity (Wildman–Crippen MR) is 86.0 cm³/mol. The minimum Gasteiger partial charge on any atom is -0.308 e. The van der Waals surface area contributed by atoms with Gasteiger partial charge >= 0.3 is 0 Å². The molecule has 0 amide bonds. The number of piperazine rings is 1. The molecule has 2 aliphatic carbocycles. The van der Waals surface area contributed by atoms with E-state index in [0.717, 1.165) is 5.92 Å². The minimum atomic E-state index is 0.349. The normalized spacial score (nSPS) is 35.7. The van der Waals surface area contributed by atoms with Crippen LogP contribution in [0.15, 0.2) is 0 Å². The summed E-state index contributed by atoms with van der Waals surface area (Å²) in [6.07, 6.45) is 14.4. The molecule has 3 fully saturated rings. The zero-order valence-electron chi connectivity index (χ0n) is 13.7. The van der Waals surface area contributed by atoms with Crippen LogP contribution in [0, 0.1) is 5.92 Å². The van der Waals surface area contributed by atoms with Gasteiger partial charge in [0.1, 0.15) is 0 Å². The van der Waals surface area contributed by atoms with Crippen molar-refractivity contribution >= 4 is 0 Å². The van der Waals surface area contributed by atoms with Gasteiger partial charge in [-0.05, 0) is 44.9 Å². The van der Waals surface area contributed by atoms with Gasteiger partial charge in [0.25, 0.3) is 0 Å². The molecule has 0 radical (unpaired) electrons. The Balaban J connectivity index is 1.73. The van der Waals surface area contributed by atoms with E-state index in [0.29, 0.717) is 11.1 Å². The van der Waals surface area contributed by atoms with Gasteiger partial charge in [0.05, 0.1) is 0 Å². The van der Waals surface area contributed by atoms with E-state index in [-0.39, 0.29) is 0 Å². The minimum absolute atomic E-state index is 0.349. The van der Waals surface area contributed by atoms with Crippen LogP contribution < -0.4 is 5.32 Å². The molecule has 0 aromatic carbocycles. The zero-order chi connectivity index (χ0) is 14.1. The lowest BCUT2D eigenvalue weighted by atomic mass is 9.75. The second kappa shape index (κ2) is 5.96. The third-order valence-corrected chi connectivity index (χ3v) is 6.57. The van der Waals surface area contributed by atoms with Crippen LogP contribution >= 0.6 is 0 Å². The van der Waals surface area contributed by atoms with Gasteiger partial charge < -0.3 is 5.32 Å². The molecule has 1 spiro atoms. The number of nitrogens with zero attached hydrogens (tertiary/aromatic N) is 1. The fourth-order valence-corrected chi connectivity index (χ4v) is 4.84. The first-order valence-electron chi connectivity index (χ1n) is 9.16. The fourth-order valence-electron chi connectivity index (χ4n) is 4.84. The van der Waals surface area contributed by atoms with Crippen molar-refractivity contribution in [1.29, 1.82) is 0 Å². The lowest BCUT2D eigenvalue weighted by Gasteiger charge is -2.56. The molecule has 3 rings (SSSR count). The van der Waals surface area contributed by atoms with E-state index in [1.54, 1.807) is 0 Å². The second-order valence-corrected chi connectivity index (χ2v) is 8.08. The van der Waals surface area contributed by atoms with Crippen LogP contribution in [-0.4, -0.2) is 35.6 Å². The highest BCUT2D eigenvalue weighted by Crippen LogP contribution is 2.39. The van der Waals surface area contributed by atoms with Crippen molar-refractivity contribution in [2.45, 2.75) is 89.1 Å². The molecule has 3 aliphatic rings. The van der Waals surface area contributed by atoms with Crippen molar-refractivity contribution in [3.05, 3.63) is 0 Å². The smallest absolute Gasteiger partial charge is 0.0335 e. The SMILES string of the molecule is CCC1(C)CN(CC2CCCC2)C2(CCCCC2)CN1. The quantitative estimate of drug-likeness (QED) is 0.841. The largest absolute Gasteiger partial charge is 0.308 e. The Morgan fingerprint density at radius 1 is 1.05 bits per heavy atom. The summed E-state index contributed by atoms with van der Waals surface area (Å²) in [5.74, 6) is 0.994. The number of rotatable bonds is 3. The van der Waals surface area contributed by atoms with Crippen molar-refractivity contribution in [1.82, 2.24) is 10.2 Å². The van der Waals surface area contributed by atoms with Crippen molar-refractivity contribution < 1.29 is 0 Å². The van der Waals surface area contributed by atoms with Crippen LogP contribution in [0.4, 0.5) is 0 Å². The highest BCUT2D eigenvalue weighted by Gasteiger charge is 2.45. The van der Waals surface area contributed by atoms with Crippen molar-refractivity contribution in [2.75, 3.05) is 19.6 Å². The number of hydrogen-bond donors (Lipinski definition) is 1. The number of nitrogens with one attached hydrogen (secondary N) is 1. The summed E-state index contributed by atoms with van der Waals surface area (Å²) in [6, 6.07) is 0. The molecule has 20 heavy (non-hydrogen) atoms. The van der Waals surface area contributed by atoms with Gasteiger partial charge in [0.15, 0.2) is 0 Å². The predicted octanol–water partition coefficient (Wildman–Crippen LogP) is 3.95. The molecular weight excluding hydrogens is 244 g/mol. The average molecular weight is 278 g/mol. The molecule has 2 saturated carbocycles. The topological polar surface area (TPSA) is 15.3 Å². The molecular formula is C18H34N2. The molecule has 116 valence electrons. The van der Waals surface area contributed by atoms with Gasteiger partial charge in [-0.1, -0.05) is 39.0 Å². The van der Waals surface area contributed by atoms with E-state index in [9.17, 15) is 0 Å². The third-order valence-electron chi connectivity index (χ3n) is 6.57. The lowest BCUT2D eigenvalue weighted by Crippen LogP contribution is -2.69. The Bertz CT molecular complexity index is 315. The van der Waals surface area contributed by atoms with E-state index >= 15 is 0 Å². The van der Waals surface area contributed by atoms with Crippen LogP contribution in [0.2, 0.25) is 0 Å². The summed E-state index contributed by atoms with van der Waals surface area (Å²) in [4.78, 5) is 2.95. The van der Waals surface area contributed by atoms with Gasteiger partial charge in [-0.15, -0.1) is 0 Å². The molecule has 1 unspecified atom stereocenters. The average Bonchev–Trinajstić information content (AvgIpc) is 2.98. The monoisotopic (exact) mass is 278 g/mol. The first-order valence-corrected chi connectivity index (χ1v) is 9.16. The van der Waals surface area contributed by atoms with Crippen LogP contribution in [0.5, 0.6) is 0 Å². The van der Waals surface area contributed by atoms with Crippen molar-refractivity contribution in [3.63, 3.8) is 0 Å². The van der Waals surface area contributed by atoms with Crippen LogP contribution in [0.1, 0.15) is 78.1 Å². The van der Waals surface area contributed by atoms with Crippen molar-refractivity contribution in [2.24, 2.45) is 5.92 Å². The molecule has 1 aliphatic heterocycles. The van der Waals surface area contributed by atoms with Gasteiger partial charge in [0, 0.05) is 30.7 Å². The summed E-state index contributed by atoms with van der Waals surface area (Å²) < 4.78 is 0. The van der Waals surface area contributed by atoms with Crippen LogP contribution in [0.3, 0.4) is 0 Å². The Morgan fingerprint density at radius 3 is 2.40 bits per heavy atom. The Labute approximate surface area is 125 Å². The van der Waals surface area contributed by atoms with Gasteiger partial charge in [0.2, 0.25) is 0 Å². The molecule has 1 saturated heterocycles. The first-order chi connectivity index (χ1) is 9.66. The first kappa shape index (κ1) is 14.8. The maximum atomic E-state index is 3.92. The van der Waals surface area contributed by atoms with E-state index in [4.69, 9.17) is 0 Å². The Kier molecular flexibility index (Phi) is 4.42. The Morgan fingerprint density at radius 2 is 1.75 bits per heavy atom. The molecule has 1 N–H and O–H groups in total. The number of hydrogen-bond acceptors (Lipinski definition) is 2. The molecule has 1 atom stereocenters. The summed E-state index contributed by atoms with van der Waals surface area (Å²) in [5.41, 5.74) is 0.858. The highest BCUT2D eigenvalue weighted by atomic mass is 15.3. The summed E-state index contributed by atoms with van der Waals surface area (Å²) >= 11 is 0. The third kappa shape index (κ3) is 2.92. The molecule has 0 bridgehead atoms. The van der Waals surface area contributed by atoms with Crippen molar-refractivity contribution in [3.8, 4) is 0 Å². The van der Waals surface area contributed by atoms with E-state index in [2.05, 4.69) is 24.1 Å². The molecule has 2 heteroatoms. The summed E-state index contributed by atoms with van der Waals surface area (Å²) in [5, 5.41) is 3.92. The molecule has 1 heterocycles. The van der Waals surface area contributed by atoms with Crippen LogP contribution in [0.25, 0.3) is 0 Å². The fraction of sp³-hybridized carbons (Fsp3) is 1.00. The molecule has 0 aromatic heterocycles. The van der Waals surface area contributed by atoms with Gasteiger partial charge in [-0.2, -0.15) is 0 Å². The maximum absolute atomic E-state index is 3.92. The van der Waals surface area contributed by atoms with E-state index in [1.165, 1.54) is 83.8 Å². The van der Waals surface area contributed by atoms with E-state index in [1.807, 2.05) is 0 Å². The van der Waals surface area contributed by atoms with Gasteiger partial charge in [-0.25, -0.2) is 0 Å². The highest BCUT2D eigenvalue weighted by molar-refractivity contribution is 5.05. The second-order valence-electron chi connectivity index (χ2n) is 8.08. The molecule has 0 aromatic rings. The summed E-state index contributed by atoms with van der Waals surface area (Å²) in [6.45, 7) is 8.69.